The molecule has 0 unspecified atom stereocenters. The second-order valence-electron chi connectivity index (χ2n) is 4.18. The SMILES string of the molecule is O=C(Cn1cc(Br)ccc1=O)Nc1ccccc1CO. The van der Waals surface area contributed by atoms with Crippen LogP contribution in [0.3, 0.4) is 0 Å². The van der Waals surface area contributed by atoms with E-state index in [1.165, 1.54) is 10.6 Å². The summed E-state index contributed by atoms with van der Waals surface area (Å²) in [4.78, 5) is 23.6. The van der Waals surface area contributed by atoms with Crippen molar-refractivity contribution < 1.29 is 9.90 Å². The number of para-hydroxylation sites is 1. The van der Waals surface area contributed by atoms with Gasteiger partial charge in [0.05, 0.1) is 6.61 Å². The van der Waals surface area contributed by atoms with E-state index < -0.39 is 0 Å². The molecule has 2 N–H and O–H groups in total. The highest BCUT2D eigenvalue weighted by Crippen LogP contribution is 2.14. The molecule has 1 aromatic carbocycles. The second-order valence-corrected chi connectivity index (χ2v) is 5.09. The summed E-state index contributed by atoms with van der Waals surface area (Å²) in [7, 11) is 0. The van der Waals surface area contributed by atoms with Gasteiger partial charge >= 0.3 is 0 Å². The maximum atomic E-state index is 11.9. The summed E-state index contributed by atoms with van der Waals surface area (Å²) < 4.78 is 2.03. The minimum atomic E-state index is -0.328. The summed E-state index contributed by atoms with van der Waals surface area (Å²) in [5.74, 6) is -0.328. The molecule has 0 spiro atoms. The molecule has 0 bridgehead atoms. The molecule has 20 heavy (non-hydrogen) atoms. The second kappa shape index (κ2) is 6.49. The average molecular weight is 337 g/mol. The molecular formula is C14H13BrN2O3. The molecule has 1 aromatic heterocycles. The van der Waals surface area contributed by atoms with Crippen molar-refractivity contribution in [1.82, 2.24) is 4.57 Å². The molecule has 6 heteroatoms. The largest absolute Gasteiger partial charge is 0.392 e. The van der Waals surface area contributed by atoms with Gasteiger partial charge < -0.3 is 15.0 Å². The molecule has 104 valence electrons. The number of hydrogen-bond acceptors (Lipinski definition) is 3. The number of rotatable bonds is 4. The molecule has 2 aromatic rings. The van der Waals surface area contributed by atoms with E-state index in [9.17, 15) is 14.7 Å². The molecule has 0 saturated heterocycles. The Balaban J connectivity index is 2.13. The first-order valence-corrected chi connectivity index (χ1v) is 6.74. The Bertz CT molecular complexity index is 682. The molecule has 2 rings (SSSR count). The number of carbonyl (C=O) groups is 1. The summed E-state index contributed by atoms with van der Waals surface area (Å²) in [5.41, 5.74) is 0.921. The zero-order valence-electron chi connectivity index (χ0n) is 10.5. The first kappa shape index (κ1) is 14.5. The van der Waals surface area contributed by atoms with Gasteiger partial charge in [0, 0.05) is 28.0 Å². The van der Waals surface area contributed by atoms with Crippen LogP contribution < -0.4 is 10.9 Å². The Kier molecular flexibility index (Phi) is 4.70. The van der Waals surface area contributed by atoms with Crippen molar-refractivity contribution in [3.63, 3.8) is 0 Å². The maximum Gasteiger partial charge on any atom is 0.251 e. The number of hydrogen-bond donors (Lipinski definition) is 2. The van der Waals surface area contributed by atoms with Gasteiger partial charge in [0.1, 0.15) is 6.54 Å². The minimum absolute atomic E-state index is 0.0853. The molecule has 1 amide bonds. The average Bonchev–Trinajstić information content (AvgIpc) is 2.43. The number of pyridine rings is 1. The smallest absolute Gasteiger partial charge is 0.251 e. The highest BCUT2D eigenvalue weighted by Gasteiger charge is 2.08. The van der Waals surface area contributed by atoms with Gasteiger partial charge in [0.15, 0.2) is 0 Å². The van der Waals surface area contributed by atoms with Crippen LogP contribution in [-0.2, 0) is 17.9 Å². The summed E-state index contributed by atoms with van der Waals surface area (Å²) in [6, 6.07) is 9.98. The van der Waals surface area contributed by atoms with Gasteiger partial charge in [-0.15, -0.1) is 0 Å². The van der Waals surface area contributed by atoms with Crippen LogP contribution in [0.15, 0.2) is 51.9 Å². The Hall–Kier alpha value is -1.92. The number of nitrogens with one attached hydrogen (secondary N) is 1. The standard InChI is InChI=1S/C14H13BrN2O3/c15-11-5-6-14(20)17(7-11)8-13(19)16-12-4-2-1-3-10(12)9-18/h1-7,18H,8-9H2,(H,16,19). The fourth-order valence-electron chi connectivity index (χ4n) is 1.75. The van der Waals surface area contributed by atoms with Crippen molar-refractivity contribution in [2.75, 3.05) is 5.32 Å². The molecule has 0 fully saturated rings. The van der Waals surface area contributed by atoms with E-state index in [1.54, 1.807) is 36.5 Å². The number of carbonyl (C=O) groups excluding carboxylic acids is 1. The van der Waals surface area contributed by atoms with Gasteiger partial charge in [-0.25, -0.2) is 0 Å². The highest BCUT2D eigenvalue weighted by molar-refractivity contribution is 9.10. The third kappa shape index (κ3) is 3.55. The quantitative estimate of drug-likeness (QED) is 0.893. The van der Waals surface area contributed by atoms with Crippen molar-refractivity contribution >= 4 is 27.5 Å². The summed E-state index contributed by atoms with van der Waals surface area (Å²) in [6.07, 6.45) is 1.56. The number of aliphatic hydroxyl groups excluding tert-OH is 1. The topological polar surface area (TPSA) is 71.3 Å². The number of nitrogens with zero attached hydrogens (tertiary/aromatic N) is 1. The van der Waals surface area contributed by atoms with Gasteiger partial charge in [0.25, 0.3) is 5.56 Å². The number of anilines is 1. The van der Waals surface area contributed by atoms with Crippen LogP contribution in [-0.4, -0.2) is 15.6 Å². The van der Waals surface area contributed by atoms with Crippen LogP contribution in [0.25, 0.3) is 0 Å². The predicted octanol–water partition coefficient (Wildman–Crippen LogP) is 1.74. The van der Waals surface area contributed by atoms with E-state index in [0.717, 1.165) is 4.47 Å². The Morgan fingerprint density at radius 2 is 2.00 bits per heavy atom. The molecule has 0 saturated carbocycles. The normalized spacial score (nSPS) is 10.3. The van der Waals surface area contributed by atoms with Crippen LogP contribution >= 0.6 is 15.9 Å². The molecule has 0 aliphatic heterocycles. The Morgan fingerprint density at radius 1 is 1.25 bits per heavy atom. The van der Waals surface area contributed by atoms with Crippen LogP contribution in [0, 0.1) is 0 Å². The lowest BCUT2D eigenvalue weighted by Gasteiger charge is -2.10. The molecule has 5 nitrogen and oxygen atoms in total. The monoisotopic (exact) mass is 336 g/mol. The fourth-order valence-corrected chi connectivity index (χ4v) is 2.13. The van der Waals surface area contributed by atoms with Crippen molar-refractivity contribution in [2.45, 2.75) is 13.2 Å². The molecule has 0 aliphatic rings. The van der Waals surface area contributed by atoms with E-state index in [4.69, 9.17) is 0 Å². The predicted molar refractivity (Wildman–Crippen MR) is 79.4 cm³/mol. The zero-order valence-corrected chi connectivity index (χ0v) is 12.1. The van der Waals surface area contributed by atoms with Crippen molar-refractivity contribution in [2.24, 2.45) is 0 Å². The Morgan fingerprint density at radius 3 is 2.75 bits per heavy atom. The van der Waals surface area contributed by atoms with E-state index in [1.807, 2.05) is 0 Å². The van der Waals surface area contributed by atoms with Crippen LogP contribution in [0.4, 0.5) is 5.69 Å². The van der Waals surface area contributed by atoms with Crippen molar-refractivity contribution in [3.05, 3.63) is 63.0 Å². The lowest BCUT2D eigenvalue weighted by atomic mass is 10.2. The maximum absolute atomic E-state index is 11.9. The summed E-state index contributed by atoms with van der Waals surface area (Å²) >= 11 is 3.25. The van der Waals surface area contributed by atoms with Gasteiger partial charge in [-0.2, -0.15) is 0 Å². The number of aliphatic hydroxyl groups is 1. The lowest BCUT2D eigenvalue weighted by Crippen LogP contribution is -2.27. The third-order valence-electron chi connectivity index (χ3n) is 2.72. The lowest BCUT2D eigenvalue weighted by molar-refractivity contribution is -0.116. The number of benzene rings is 1. The van der Waals surface area contributed by atoms with E-state index >= 15 is 0 Å². The highest BCUT2D eigenvalue weighted by atomic mass is 79.9. The van der Waals surface area contributed by atoms with Crippen LogP contribution in [0.1, 0.15) is 5.56 Å². The Labute approximate surface area is 124 Å². The van der Waals surface area contributed by atoms with Crippen LogP contribution in [0.5, 0.6) is 0 Å². The molecule has 0 radical (unpaired) electrons. The van der Waals surface area contributed by atoms with Crippen molar-refractivity contribution in [1.29, 1.82) is 0 Å². The number of halogens is 1. The zero-order chi connectivity index (χ0) is 14.5. The summed E-state index contributed by atoms with van der Waals surface area (Å²) in [5, 5.41) is 11.9. The molecule has 0 aliphatic carbocycles. The number of amides is 1. The number of aromatic nitrogens is 1. The molecule has 0 atom stereocenters. The third-order valence-corrected chi connectivity index (χ3v) is 3.19. The van der Waals surface area contributed by atoms with Crippen molar-refractivity contribution in [3.8, 4) is 0 Å². The molecule has 1 heterocycles. The minimum Gasteiger partial charge on any atom is -0.392 e. The van der Waals surface area contributed by atoms with Gasteiger partial charge in [-0.05, 0) is 28.1 Å². The first-order chi connectivity index (χ1) is 9.60. The van der Waals surface area contributed by atoms with E-state index in [0.29, 0.717) is 11.3 Å². The van der Waals surface area contributed by atoms with Gasteiger partial charge in [0.2, 0.25) is 5.91 Å². The summed E-state index contributed by atoms with van der Waals surface area (Å²) in [6.45, 7) is -0.245. The van der Waals surface area contributed by atoms with E-state index in [-0.39, 0.29) is 24.6 Å². The van der Waals surface area contributed by atoms with Gasteiger partial charge in [-0.3, -0.25) is 9.59 Å². The van der Waals surface area contributed by atoms with E-state index in [2.05, 4.69) is 21.2 Å². The van der Waals surface area contributed by atoms with Gasteiger partial charge in [-0.1, -0.05) is 18.2 Å². The molecular weight excluding hydrogens is 324 g/mol. The fraction of sp³-hybridized carbons (Fsp3) is 0.143. The van der Waals surface area contributed by atoms with Crippen LogP contribution in [0.2, 0.25) is 0 Å². The first-order valence-electron chi connectivity index (χ1n) is 5.95.